The molecule has 1 aliphatic heterocycles. The van der Waals surface area contributed by atoms with Crippen molar-refractivity contribution in [3.8, 4) is 5.88 Å². The van der Waals surface area contributed by atoms with Gasteiger partial charge >= 0.3 is 6.09 Å². The van der Waals surface area contributed by atoms with Gasteiger partial charge in [0.1, 0.15) is 0 Å². The molecule has 8 nitrogen and oxygen atoms in total. The van der Waals surface area contributed by atoms with Crippen LogP contribution in [0.1, 0.15) is 19.4 Å². The fourth-order valence-corrected chi connectivity index (χ4v) is 2.57. The van der Waals surface area contributed by atoms with E-state index in [0.717, 1.165) is 31.2 Å². The van der Waals surface area contributed by atoms with Crippen LogP contribution in [0.25, 0.3) is 0 Å². The van der Waals surface area contributed by atoms with Crippen LogP contribution in [0.3, 0.4) is 0 Å². The van der Waals surface area contributed by atoms with Crippen molar-refractivity contribution in [2.24, 2.45) is 4.99 Å². The molecule has 1 aromatic rings. The second-order valence-electron chi connectivity index (χ2n) is 5.55. The van der Waals surface area contributed by atoms with Gasteiger partial charge in [0.2, 0.25) is 5.88 Å². The van der Waals surface area contributed by atoms with Gasteiger partial charge in [0.25, 0.3) is 0 Å². The number of hydrogen-bond donors (Lipinski definition) is 1. The number of guanidine groups is 1. The number of nitrogens with zero attached hydrogens (tertiary/aromatic N) is 4. The highest BCUT2D eigenvalue weighted by Crippen LogP contribution is 2.10. The third-order valence-electron chi connectivity index (χ3n) is 3.86. The summed E-state index contributed by atoms with van der Waals surface area (Å²) in [6.45, 7) is 8.31. The molecule has 138 valence electrons. The van der Waals surface area contributed by atoms with Gasteiger partial charge in [-0.2, -0.15) is 0 Å². The van der Waals surface area contributed by atoms with Gasteiger partial charge in [-0.1, -0.05) is 0 Å². The first kappa shape index (κ1) is 18.8. The Labute approximate surface area is 148 Å². The average Bonchev–Trinajstić information content (AvgIpc) is 2.65. The first-order valence-corrected chi connectivity index (χ1v) is 8.61. The Morgan fingerprint density at radius 3 is 2.64 bits per heavy atom. The molecule has 1 aromatic heterocycles. The van der Waals surface area contributed by atoms with Crippen LogP contribution in [0, 0.1) is 0 Å². The van der Waals surface area contributed by atoms with Crippen molar-refractivity contribution in [3.05, 3.63) is 23.9 Å². The highest BCUT2D eigenvalue weighted by molar-refractivity contribution is 5.80. The lowest BCUT2D eigenvalue weighted by atomic mass is 10.2. The number of ether oxygens (including phenoxy) is 2. The largest absolute Gasteiger partial charge is 0.481 e. The molecule has 2 heterocycles. The van der Waals surface area contributed by atoms with Crippen LogP contribution in [0.4, 0.5) is 4.79 Å². The molecule has 0 spiro atoms. The maximum Gasteiger partial charge on any atom is 0.409 e. The van der Waals surface area contributed by atoms with Crippen molar-refractivity contribution >= 4 is 12.1 Å². The molecule has 1 saturated heterocycles. The summed E-state index contributed by atoms with van der Waals surface area (Å²) < 4.78 is 10.2. The molecule has 0 bridgehead atoms. The van der Waals surface area contributed by atoms with Crippen molar-refractivity contribution in [1.82, 2.24) is 20.1 Å². The number of nitrogens with one attached hydrogen (secondary N) is 1. The minimum absolute atomic E-state index is 0.243. The number of aromatic nitrogens is 1. The molecule has 25 heavy (non-hydrogen) atoms. The number of carbonyl (C=O) groups is 1. The predicted molar refractivity (Wildman–Crippen MR) is 95.8 cm³/mol. The maximum atomic E-state index is 11.8. The van der Waals surface area contributed by atoms with E-state index in [1.807, 2.05) is 26.0 Å². The zero-order valence-electron chi connectivity index (χ0n) is 15.2. The smallest absolute Gasteiger partial charge is 0.409 e. The summed E-state index contributed by atoms with van der Waals surface area (Å²) in [6.07, 6.45) is 1.47. The van der Waals surface area contributed by atoms with E-state index in [-0.39, 0.29) is 6.09 Å². The third-order valence-corrected chi connectivity index (χ3v) is 3.86. The Hall–Kier alpha value is -2.51. The molecule has 1 amide bonds. The molecule has 8 heteroatoms. The predicted octanol–water partition coefficient (Wildman–Crippen LogP) is 1.33. The second-order valence-corrected chi connectivity index (χ2v) is 5.55. The molecule has 2 rings (SSSR count). The summed E-state index contributed by atoms with van der Waals surface area (Å²) in [5.41, 5.74) is 1.03. The first-order chi connectivity index (χ1) is 12.2. The lowest BCUT2D eigenvalue weighted by Crippen LogP contribution is -2.53. The fourth-order valence-electron chi connectivity index (χ4n) is 2.57. The molecule has 1 fully saturated rings. The van der Waals surface area contributed by atoms with Gasteiger partial charge in [0, 0.05) is 45.0 Å². The summed E-state index contributed by atoms with van der Waals surface area (Å²) in [5, 5.41) is 3.31. The van der Waals surface area contributed by atoms with E-state index in [2.05, 4.69) is 15.2 Å². The summed E-state index contributed by atoms with van der Waals surface area (Å²) in [7, 11) is 1.60. The van der Waals surface area contributed by atoms with Gasteiger partial charge < -0.3 is 24.6 Å². The normalized spacial score (nSPS) is 15.1. The van der Waals surface area contributed by atoms with E-state index in [0.29, 0.717) is 32.1 Å². The van der Waals surface area contributed by atoms with Crippen LogP contribution >= 0.6 is 0 Å². The molecule has 0 saturated carbocycles. The van der Waals surface area contributed by atoms with E-state index in [4.69, 9.17) is 14.5 Å². The molecule has 0 unspecified atom stereocenters. The third kappa shape index (κ3) is 5.51. The van der Waals surface area contributed by atoms with Gasteiger partial charge in [0.15, 0.2) is 5.96 Å². The quantitative estimate of drug-likeness (QED) is 0.638. The van der Waals surface area contributed by atoms with E-state index >= 15 is 0 Å². The highest BCUT2D eigenvalue weighted by Gasteiger charge is 2.23. The Morgan fingerprint density at radius 1 is 1.28 bits per heavy atom. The topological polar surface area (TPSA) is 79.3 Å². The van der Waals surface area contributed by atoms with Crippen LogP contribution in [0.2, 0.25) is 0 Å². The van der Waals surface area contributed by atoms with E-state index in [1.54, 1.807) is 18.2 Å². The number of hydrogen-bond acceptors (Lipinski definition) is 5. The molecule has 0 radical (unpaired) electrons. The maximum absolute atomic E-state index is 11.8. The first-order valence-electron chi connectivity index (χ1n) is 8.61. The van der Waals surface area contributed by atoms with Crippen LogP contribution < -0.4 is 10.1 Å². The summed E-state index contributed by atoms with van der Waals surface area (Å²) >= 11 is 0. The number of carbonyl (C=O) groups excluding carboxylic acids is 1. The van der Waals surface area contributed by atoms with Crippen LogP contribution in [0.15, 0.2) is 23.3 Å². The van der Waals surface area contributed by atoms with E-state index < -0.39 is 0 Å². The molecule has 0 aromatic carbocycles. The van der Waals surface area contributed by atoms with Crippen molar-refractivity contribution in [3.63, 3.8) is 0 Å². The van der Waals surface area contributed by atoms with Crippen LogP contribution in [0.5, 0.6) is 5.88 Å². The Morgan fingerprint density at radius 2 is 2.00 bits per heavy atom. The summed E-state index contributed by atoms with van der Waals surface area (Å²) in [5.74, 6) is 1.43. The minimum atomic E-state index is -0.243. The SMILES string of the molecule is CCNC(=NCc1ccnc(OC)c1)N1CCN(C(=O)OCC)CC1. The molecule has 0 aliphatic carbocycles. The lowest BCUT2D eigenvalue weighted by Gasteiger charge is -2.35. The van der Waals surface area contributed by atoms with Gasteiger partial charge in [-0.25, -0.2) is 14.8 Å². The van der Waals surface area contributed by atoms with Crippen LogP contribution in [-0.2, 0) is 11.3 Å². The number of amides is 1. The molecule has 0 atom stereocenters. The Balaban J connectivity index is 1.97. The highest BCUT2D eigenvalue weighted by atomic mass is 16.6. The molecular weight excluding hydrogens is 322 g/mol. The van der Waals surface area contributed by atoms with Gasteiger partial charge in [-0.05, 0) is 25.5 Å². The van der Waals surface area contributed by atoms with E-state index in [1.165, 1.54) is 0 Å². The summed E-state index contributed by atoms with van der Waals surface area (Å²) in [4.78, 5) is 24.5. The molecule has 1 N–H and O–H groups in total. The summed E-state index contributed by atoms with van der Waals surface area (Å²) in [6, 6.07) is 3.81. The number of aliphatic imine (C=N–C) groups is 1. The second kappa shape index (κ2) is 9.71. The fraction of sp³-hybridized carbons (Fsp3) is 0.588. The number of pyridine rings is 1. The zero-order valence-corrected chi connectivity index (χ0v) is 15.2. The van der Waals surface area contributed by atoms with Crippen LogP contribution in [-0.4, -0.2) is 73.3 Å². The number of rotatable bonds is 5. The zero-order chi connectivity index (χ0) is 18.1. The van der Waals surface area contributed by atoms with E-state index in [9.17, 15) is 4.79 Å². The number of methoxy groups -OCH3 is 1. The van der Waals surface area contributed by atoms with Gasteiger partial charge in [-0.15, -0.1) is 0 Å². The monoisotopic (exact) mass is 349 g/mol. The Kier molecular flexibility index (Phi) is 7.31. The molecule has 1 aliphatic rings. The van der Waals surface area contributed by atoms with Crippen molar-refractivity contribution in [1.29, 1.82) is 0 Å². The van der Waals surface area contributed by atoms with Crippen molar-refractivity contribution in [2.75, 3.05) is 46.4 Å². The average molecular weight is 349 g/mol. The molecular formula is C17H27N5O3. The standard InChI is InChI=1S/C17H27N5O3/c1-4-18-16(20-13-14-6-7-19-15(12-14)24-3)21-8-10-22(11-9-21)17(23)25-5-2/h6-7,12H,4-5,8-11,13H2,1-3H3,(H,18,20). The number of piperazine rings is 1. The lowest BCUT2D eigenvalue weighted by molar-refractivity contribution is 0.0914. The van der Waals surface area contributed by atoms with Crippen molar-refractivity contribution in [2.45, 2.75) is 20.4 Å². The van der Waals surface area contributed by atoms with Crippen molar-refractivity contribution < 1.29 is 14.3 Å². The minimum Gasteiger partial charge on any atom is -0.481 e. The Bertz CT molecular complexity index is 585. The van der Waals surface area contributed by atoms with Gasteiger partial charge in [-0.3, -0.25) is 0 Å². The van der Waals surface area contributed by atoms with Gasteiger partial charge in [0.05, 0.1) is 20.3 Å².